The summed E-state index contributed by atoms with van der Waals surface area (Å²) >= 11 is 5.96. The van der Waals surface area contributed by atoms with Crippen LogP contribution in [0.2, 0.25) is 5.02 Å². The van der Waals surface area contributed by atoms with Crippen LogP contribution in [0.4, 0.5) is 15.9 Å². The molecule has 0 saturated heterocycles. The standard InChI is InChI=1S/C19H17ClFN5/c1-11-6-7-12-4-2-3-5-16(12)26(11)18-13-8-15(21)14(20)9-17(13)25(10-22)19(23)24-18/h2-5,8-11,22-23H,6-7H2,1H3/t11-/m1/s1. The second-order valence-corrected chi connectivity index (χ2v) is 6.84. The van der Waals surface area contributed by atoms with E-state index in [2.05, 4.69) is 22.9 Å². The average Bonchev–Trinajstić information content (AvgIpc) is 2.63. The molecule has 5 nitrogen and oxygen atoms in total. The van der Waals surface area contributed by atoms with E-state index in [4.69, 9.17) is 22.4 Å². The maximum Gasteiger partial charge on any atom is 0.229 e. The quantitative estimate of drug-likeness (QED) is 0.524. The van der Waals surface area contributed by atoms with Gasteiger partial charge in [-0.05, 0) is 43.5 Å². The van der Waals surface area contributed by atoms with E-state index in [0.29, 0.717) is 16.7 Å². The number of rotatable bonds is 2. The van der Waals surface area contributed by atoms with Gasteiger partial charge in [-0.15, -0.1) is 0 Å². The highest BCUT2D eigenvalue weighted by atomic mass is 35.5. The van der Waals surface area contributed by atoms with Gasteiger partial charge in [0.25, 0.3) is 0 Å². The minimum absolute atomic E-state index is 0.0447. The smallest absolute Gasteiger partial charge is 0.229 e. The van der Waals surface area contributed by atoms with Gasteiger partial charge in [0.1, 0.15) is 11.6 Å². The largest absolute Gasteiger partial charge is 0.323 e. The molecule has 132 valence electrons. The first-order valence-electron chi connectivity index (χ1n) is 8.35. The Morgan fingerprint density at radius 3 is 2.85 bits per heavy atom. The molecule has 1 aromatic heterocycles. The summed E-state index contributed by atoms with van der Waals surface area (Å²) in [6.07, 6.45) is 2.89. The first kappa shape index (κ1) is 16.7. The Balaban J connectivity index is 2.08. The molecule has 0 saturated carbocycles. The second-order valence-electron chi connectivity index (χ2n) is 6.43. The number of fused-ring (bicyclic) bond motifs is 2. The number of aryl methyl sites for hydroxylation is 1. The zero-order chi connectivity index (χ0) is 18.4. The van der Waals surface area contributed by atoms with E-state index in [1.54, 1.807) is 0 Å². The number of hydrogen-bond acceptors (Lipinski definition) is 4. The number of hydrogen-bond donors (Lipinski definition) is 2. The number of aromatic nitrogens is 2. The van der Waals surface area contributed by atoms with Crippen LogP contribution < -0.4 is 10.5 Å². The molecular formula is C19H17ClFN5. The molecule has 7 heteroatoms. The first-order chi connectivity index (χ1) is 12.5. The summed E-state index contributed by atoms with van der Waals surface area (Å²) in [5.74, 6) is -0.0345. The number of para-hydroxylation sites is 1. The van der Waals surface area contributed by atoms with Gasteiger partial charge in [0.15, 0.2) is 0 Å². The average molecular weight is 370 g/mol. The Hall–Kier alpha value is -2.73. The molecule has 1 aliphatic heterocycles. The molecule has 0 radical (unpaired) electrons. The van der Waals surface area contributed by atoms with Gasteiger partial charge in [-0.1, -0.05) is 29.8 Å². The van der Waals surface area contributed by atoms with E-state index in [-0.39, 0.29) is 16.7 Å². The Kier molecular flexibility index (Phi) is 4.00. The Labute approximate surface area is 154 Å². The maximum atomic E-state index is 14.2. The van der Waals surface area contributed by atoms with E-state index in [1.165, 1.54) is 22.3 Å². The fraction of sp³-hybridized carbons (Fsp3) is 0.211. The maximum absolute atomic E-state index is 14.2. The number of benzene rings is 2. The summed E-state index contributed by atoms with van der Waals surface area (Å²) < 4.78 is 15.5. The third kappa shape index (κ3) is 2.49. The predicted molar refractivity (Wildman–Crippen MR) is 101 cm³/mol. The molecule has 0 unspecified atom stereocenters. The van der Waals surface area contributed by atoms with Gasteiger partial charge in [0.2, 0.25) is 5.62 Å². The summed E-state index contributed by atoms with van der Waals surface area (Å²) in [7, 11) is 0. The third-order valence-electron chi connectivity index (χ3n) is 4.86. The lowest BCUT2D eigenvalue weighted by atomic mass is 9.96. The Bertz CT molecular complexity index is 1090. The number of nitrogens with zero attached hydrogens (tertiary/aromatic N) is 3. The lowest BCUT2D eigenvalue weighted by Crippen LogP contribution is -2.36. The van der Waals surface area contributed by atoms with Crippen molar-refractivity contribution in [1.82, 2.24) is 9.55 Å². The lowest BCUT2D eigenvalue weighted by molar-refractivity contribution is 0.611. The second kappa shape index (κ2) is 6.21. The molecule has 0 spiro atoms. The minimum Gasteiger partial charge on any atom is -0.323 e. The molecule has 2 aromatic carbocycles. The van der Waals surface area contributed by atoms with Crippen LogP contribution in [-0.4, -0.2) is 21.9 Å². The summed E-state index contributed by atoms with van der Waals surface area (Å²) in [6, 6.07) is 11.0. The van der Waals surface area contributed by atoms with E-state index >= 15 is 0 Å². The van der Waals surface area contributed by atoms with Crippen LogP contribution in [0.5, 0.6) is 0 Å². The van der Waals surface area contributed by atoms with Crippen molar-refractivity contribution in [2.75, 3.05) is 4.90 Å². The molecule has 1 atom stereocenters. The van der Waals surface area contributed by atoms with Gasteiger partial charge in [-0.25, -0.2) is 4.39 Å². The molecule has 0 aliphatic carbocycles. The summed E-state index contributed by atoms with van der Waals surface area (Å²) in [6.45, 7) is 2.09. The molecule has 3 aromatic rings. The third-order valence-corrected chi connectivity index (χ3v) is 5.15. The summed E-state index contributed by atoms with van der Waals surface area (Å²) in [5.41, 5.74) is 2.60. The van der Waals surface area contributed by atoms with Crippen LogP contribution in [-0.2, 0) is 6.42 Å². The van der Waals surface area contributed by atoms with Crippen molar-refractivity contribution in [3.63, 3.8) is 0 Å². The Morgan fingerprint density at radius 2 is 2.08 bits per heavy atom. The van der Waals surface area contributed by atoms with Crippen molar-refractivity contribution in [1.29, 1.82) is 10.8 Å². The zero-order valence-electron chi connectivity index (χ0n) is 14.1. The Morgan fingerprint density at radius 1 is 1.31 bits per heavy atom. The van der Waals surface area contributed by atoms with E-state index in [0.717, 1.165) is 24.9 Å². The van der Waals surface area contributed by atoms with Crippen LogP contribution in [0.15, 0.2) is 36.4 Å². The SMILES string of the molecule is C[C@@H]1CCc2ccccc2N1c1nc(=N)n(C=N)c2cc(Cl)c(F)cc12. The molecule has 0 amide bonds. The van der Waals surface area contributed by atoms with Crippen molar-refractivity contribution >= 4 is 40.3 Å². The lowest BCUT2D eigenvalue weighted by Gasteiger charge is -2.36. The topological polar surface area (TPSA) is 68.8 Å². The summed E-state index contributed by atoms with van der Waals surface area (Å²) in [5, 5.41) is 16.3. The fourth-order valence-electron chi connectivity index (χ4n) is 3.57. The highest BCUT2D eigenvalue weighted by Crippen LogP contribution is 2.39. The molecule has 0 fully saturated rings. The van der Waals surface area contributed by atoms with Crippen molar-refractivity contribution in [3.8, 4) is 0 Å². The monoisotopic (exact) mass is 369 g/mol. The van der Waals surface area contributed by atoms with Crippen molar-refractivity contribution in [3.05, 3.63) is 58.4 Å². The van der Waals surface area contributed by atoms with Gasteiger partial charge in [0.05, 0.1) is 16.9 Å². The zero-order valence-corrected chi connectivity index (χ0v) is 14.9. The van der Waals surface area contributed by atoms with Crippen LogP contribution >= 0.6 is 11.6 Å². The van der Waals surface area contributed by atoms with Gasteiger partial charge < -0.3 is 4.90 Å². The fourth-order valence-corrected chi connectivity index (χ4v) is 3.73. The highest BCUT2D eigenvalue weighted by molar-refractivity contribution is 6.31. The van der Waals surface area contributed by atoms with Crippen molar-refractivity contribution < 1.29 is 4.39 Å². The van der Waals surface area contributed by atoms with Gasteiger partial charge >= 0.3 is 0 Å². The first-order valence-corrected chi connectivity index (χ1v) is 8.72. The molecule has 1 aliphatic rings. The molecule has 2 N–H and O–H groups in total. The number of nitrogens with one attached hydrogen (secondary N) is 2. The van der Waals surface area contributed by atoms with Crippen LogP contribution in [0.25, 0.3) is 10.9 Å². The minimum atomic E-state index is -0.547. The molecule has 2 heterocycles. The highest BCUT2D eigenvalue weighted by Gasteiger charge is 2.27. The molecule has 4 rings (SSSR count). The van der Waals surface area contributed by atoms with E-state index in [1.807, 2.05) is 18.2 Å². The predicted octanol–water partition coefficient (Wildman–Crippen LogP) is 4.24. The van der Waals surface area contributed by atoms with Crippen LogP contribution in [0, 0.1) is 16.6 Å². The van der Waals surface area contributed by atoms with E-state index < -0.39 is 5.82 Å². The van der Waals surface area contributed by atoms with Crippen LogP contribution in [0.3, 0.4) is 0 Å². The summed E-state index contributed by atoms with van der Waals surface area (Å²) in [4.78, 5) is 6.47. The van der Waals surface area contributed by atoms with Gasteiger partial charge in [-0.3, -0.25) is 15.4 Å². The number of halogens is 2. The number of anilines is 2. The van der Waals surface area contributed by atoms with Crippen molar-refractivity contribution in [2.45, 2.75) is 25.8 Å². The molecular weight excluding hydrogens is 353 g/mol. The van der Waals surface area contributed by atoms with E-state index in [9.17, 15) is 4.39 Å². The molecule has 26 heavy (non-hydrogen) atoms. The normalized spacial score (nSPS) is 16.6. The van der Waals surface area contributed by atoms with Crippen LogP contribution in [0.1, 0.15) is 18.9 Å². The molecule has 0 bridgehead atoms. The van der Waals surface area contributed by atoms with Crippen molar-refractivity contribution in [2.24, 2.45) is 0 Å². The van der Waals surface area contributed by atoms with Gasteiger partial charge in [0, 0.05) is 17.1 Å². The van der Waals surface area contributed by atoms with Gasteiger partial charge in [-0.2, -0.15) is 4.98 Å².